The average molecular weight is 117 g/mol. The van der Waals surface area contributed by atoms with E-state index in [-0.39, 0.29) is 18.8 Å². The Bertz CT molecular complexity index is 76.8. The molecule has 1 heterocycles. The summed E-state index contributed by atoms with van der Waals surface area (Å²) in [5.74, 6) is 0. The van der Waals surface area contributed by atoms with Crippen LogP contribution >= 0.6 is 0 Å². The van der Waals surface area contributed by atoms with Crippen molar-refractivity contribution in [1.29, 1.82) is 0 Å². The molecule has 1 rings (SSSR count). The van der Waals surface area contributed by atoms with E-state index in [1.807, 2.05) is 0 Å². The molecular weight excluding hydrogens is 106 g/mol. The quantitative estimate of drug-likeness (QED) is 0.421. The second-order valence-corrected chi connectivity index (χ2v) is 2.09. The van der Waals surface area contributed by atoms with Crippen molar-refractivity contribution in [1.82, 2.24) is 5.32 Å². The summed E-state index contributed by atoms with van der Waals surface area (Å²) in [5.41, 5.74) is 0. The highest BCUT2D eigenvalue weighted by Gasteiger charge is 2.26. The molecule has 48 valence electrons. The van der Waals surface area contributed by atoms with Gasteiger partial charge in [0.15, 0.2) is 0 Å². The fourth-order valence-electron chi connectivity index (χ4n) is 0.823. The standard InChI is InChI=1S/C5H11NO2/c7-2-1-4-5(8)3-6-4/h4-8H,1-3H2. The topological polar surface area (TPSA) is 52.5 Å². The maximum Gasteiger partial charge on any atom is 0.0818 e. The Labute approximate surface area is 48.3 Å². The maximum atomic E-state index is 8.87. The first kappa shape index (κ1) is 6.01. The largest absolute Gasteiger partial charge is 0.396 e. The molecule has 3 N–H and O–H groups in total. The molecule has 0 aromatic heterocycles. The van der Waals surface area contributed by atoms with E-state index in [0.717, 1.165) is 0 Å². The van der Waals surface area contributed by atoms with Crippen molar-refractivity contribution in [3.8, 4) is 0 Å². The van der Waals surface area contributed by atoms with Crippen LogP contribution in [0.25, 0.3) is 0 Å². The third-order valence-electron chi connectivity index (χ3n) is 1.49. The van der Waals surface area contributed by atoms with E-state index in [4.69, 9.17) is 10.2 Å². The first-order chi connectivity index (χ1) is 3.84. The van der Waals surface area contributed by atoms with E-state index in [9.17, 15) is 0 Å². The zero-order valence-electron chi connectivity index (χ0n) is 4.67. The Morgan fingerprint density at radius 2 is 2.38 bits per heavy atom. The van der Waals surface area contributed by atoms with E-state index in [1.165, 1.54) is 0 Å². The highest BCUT2D eigenvalue weighted by molar-refractivity contribution is 4.86. The van der Waals surface area contributed by atoms with E-state index in [2.05, 4.69) is 5.32 Å². The van der Waals surface area contributed by atoms with Gasteiger partial charge in [-0.15, -0.1) is 0 Å². The molecule has 2 unspecified atom stereocenters. The Hall–Kier alpha value is -0.120. The zero-order valence-corrected chi connectivity index (χ0v) is 4.67. The molecule has 1 aliphatic rings. The van der Waals surface area contributed by atoms with Crippen LogP contribution in [0.5, 0.6) is 0 Å². The third-order valence-corrected chi connectivity index (χ3v) is 1.49. The van der Waals surface area contributed by atoms with Gasteiger partial charge in [-0.25, -0.2) is 0 Å². The number of nitrogens with one attached hydrogen (secondary N) is 1. The van der Waals surface area contributed by atoms with Gasteiger partial charge < -0.3 is 15.5 Å². The summed E-state index contributed by atoms with van der Waals surface area (Å²) in [6, 6.07) is 0.153. The van der Waals surface area contributed by atoms with Gasteiger partial charge in [0.05, 0.1) is 6.10 Å². The fraction of sp³-hybridized carbons (Fsp3) is 1.00. The molecule has 3 nitrogen and oxygen atoms in total. The molecule has 2 atom stereocenters. The second-order valence-electron chi connectivity index (χ2n) is 2.09. The number of rotatable bonds is 2. The molecule has 1 aliphatic heterocycles. The minimum atomic E-state index is -0.220. The minimum absolute atomic E-state index is 0.153. The smallest absolute Gasteiger partial charge is 0.0818 e. The van der Waals surface area contributed by atoms with Crippen LogP contribution in [0.2, 0.25) is 0 Å². The highest BCUT2D eigenvalue weighted by Crippen LogP contribution is 2.06. The molecule has 1 fully saturated rings. The summed E-state index contributed by atoms with van der Waals surface area (Å²) in [6.07, 6.45) is 0.448. The number of aliphatic hydroxyl groups is 2. The maximum absolute atomic E-state index is 8.87. The Kier molecular flexibility index (Phi) is 1.83. The molecule has 3 heteroatoms. The molecule has 0 spiro atoms. The lowest BCUT2D eigenvalue weighted by Crippen LogP contribution is -2.57. The van der Waals surface area contributed by atoms with Crippen molar-refractivity contribution in [2.75, 3.05) is 13.2 Å². The van der Waals surface area contributed by atoms with Crippen LogP contribution < -0.4 is 5.32 Å². The van der Waals surface area contributed by atoms with Gasteiger partial charge in [-0.05, 0) is 6.42 Å². The van der Waals surface area contributed by atoms with Crippen molar-refractivity contribution in [2.45, 2.75) is 18.6 Å². The Morgan fingerprint density at radius 3 is 2.50 bits per heavy atom. The molecule has 0 aromatic carbocycles. The summed E-state index contributed by atoms with van der Waals surface area (Å²) in [5, 5.41) is 20.2. The van der Waals surface area contributed by atoms with Crippen LogP contribution in [0.4, 0.5) is 0 Å². The molecule has 0 bridgehead atoms. The first-order valence-corrected chi connectivity index (χ1v) is 2.87. The lowest BCUT2D eigenvalue weighted by atomic mass is 10.0. The SMILES string of the molecule is OCCC1NCC1O. The van der Waals surface area contributed by atoms with Crippen molar-refractivity contribution >= 4 is 0 Å². The molecule has 0 radical (unpaired) electrons. The van der Waals surface area contributed by atoms with Crippen LogP contribution in [0.1, 0.15) is 6.42 Å². The van der Waals surface area contributed by atoms with Gasteiger partial charge in [-0.2, -0.15) is 0 Å². The van der Waals surface area contributed by atoms with Gasteiger partial charge in [0, 0.05) is 19.2 Å². The molecule has 0 aromatic rings. The predicted octanol–water partition coefficient (Wildman–Crippen LogP) is -1.30. The monoisotopic (exact) mass is 117 g/mol. The van der Waals surface area contributed by atoms with Gasteiger partial charge in [0.1, 0.15) is 0 Å². The summed E-state index contributed by atoms with van der Waals surface area (Å²) in [4.78, 5) is 0. The van der Waals surface area contributed by atoms with E-state index < -0.39 is 0 Å². The van der Waals surface area contributed by atoms with Gasteiger partial charge >= 0.3 is 0 Å². The van der Waals surface area contributed by atoms with E-state index in [1.54, 1.807) is 0 Å². The van der Waals surface area contributed by atoms with Crippen LogP contribution in [0, 0.1) is 0 Å². The summed E-state index contributed by atoms with van der Waals surface area (Å²) in [6.45, 7) is 0.847. The Balaban J connectivity index is 2.08. The number of hydrogen-bond donors (Lipinski definition) is 3. The number of β-amino-alcohol motifs (C(OH)–C–C–N with tert-alkyl or cyclic N) is 1. The number of aliphatic hydroxyl groups excluding tert-OH is 2. The lowest BCUT2D eigenvalue weighted by Gasteiger charge is -2.33. The van der Waals surface area contributed by atoms with Crippen LogP contribution in [-0.2, 0) is 0 Å². The van der Waals surface area contributed by atoms with Gasteiger partial charge in [-0.3, -0.25) is 0 Å². The molecule has 0 amide bonds. The highest BCUT2D eigenvalue weighted by atomic mass is 16.3. The normalized spacial score (nSPS) is 36.8. The van der Waals surface area contributed by atoms with Crippen LogP contribution in [-0.4, -0.2) is 35.5 Å². The predicted molar refractivity (Wildman–Crippen MR) is 29.5 cm³/mol. The molecule has 1 saturated heterocycles. The summed E-state index contributed by atoms with van der Waals surface area (Å²) in [7, 11) is 0. The van der Waals surface area contributed by atoms with Crippen LogP contribution in [0.3, 0.4) is 0 Å². The van der Waals surface area contributed by atoms with E-state index in [0.29, 0.717) is 13.0 Å². The molecule has 8 heavy (non-hydrogen) atoms. The first-order valence-electron chi connectivity index (χ1n) is 2.87. The molecule has 0 aliphatic carbocycles. The average Bonchev–Trinajstić information content (AvgIpc) is 1.79. The van der Waals surface area contributed by atoms with Crippen molar-refractivity contribution in [3.63, 3.8) is 0 Å². The zero-order chi connectivity index (χ0) is 5.98. The summed E-state index contributed by atoms with van der Waals surface area (Å²) >= 11 is 0. The van der Waals surface area contributed by atoms with Gasteiger partial charge in [-0.1, -0.05) is 0 Å². The Morgan fingerprint density at radius 1 is 1.62 bits per heavy atom. The third kappa shape index (κ3) is 0.992. The summed E-state index contributed by atoms with van der Waals surface area (Å²) < 4.78 is 0. The van der Waals surface area contributed by atoms with Crippen molar-refractivity contribution in [2.24, 2.45) is 0 Å². The number of hydrogen-bond acceptors (Lipinski definition) is 3. The molecule has 0 saturated carbocycles. The lowest BCUT2D eigenvalue weighted by molar-refractivity contribution is 0.0480. The van der Waals surface area contributed by atoms with Crippen molar-refractivity contribution < 1.29 is 10.2 Å². The second kappa shape index (κ2) is 2.44. The van der Waals surface area contributed by atoms with Crippen LogP contribution in [0.15, 0.2) is 0 Å². The van der Waals surface area contributed by atoms with E-state index >= 15 is 0 Å². The van der Waals surface area contributed by atoms with Crippen molar-refractivity contribution in [3.05, 3.63) is 0 Å². The minimum Gasteiger partial charge on any atom is -0.396 e. The molecular formula is C5H11NO2. The van der Waals surface area contributed by atoms with Gasteiger partial charge in [0.25, 0.3) is 0 Å². The van der Waals surface area contributed by atoms with Gasteiger partial charge in [0.2, 0.25) is 0 Å². The fourth-order valence-corrected chi connectivity index (χ4v) is 0.823.